The summed E-state index contributed by atoms with van der Waals surface area (Å²) < 4.78 is 38.0. The molecule has 0 aromatic carbocycles. The molecule has 1 N–H and O–H groups in total. The molecular formula is C13H23F3N2O. The van der Waals surface area contributed by atoms with Crippen molar-refractivity contribution in [2.75, 3.05) is 19.6 Å². The standard InChI is InChI=1S/C13H23F3N2O/c1-4-11(5-2)18(8-13(14,15)16)12(19)9(3)10-6-17-7-10/h9-11,17H,4-8H2,1-3H3. The minimum absolute atomic E-state index is 0.164. The summed E-state index contributed by atoms with van der Waals surface area (Å²) in [5.74, 6) is -0.542. The molecule has 1 aliphatic heterocycles. The fourth-order valence-corrected chi connectivity index (χ4v) is 2.44. The molecule has 0 bridgehead atoms. The SMILES string of the molecule is CCC(CC)N(CC(F)(F)F)C(=O)C(C)C1CNC1. The Hall–Kier alpha value is -0.780. The Morgan fingerprint density at radius 1 is 1.32 bits per heavy atom. The Morgan fingerprint density at radius 3 is 2.16 bits per heavy atom. The normalized spacial score (nSPS) is 18.3. The Balaban J connectivity index is 2.78. The van der Waals surface area contributed by atoms with Crippen LogP contribution < -0.4 is 5.32 Å². The van der Waals surface area contributed by atoms with Crippen LogP contribution in [0.3, 0.4) is 0 Å². The number of carbonyl (C=O) groups excluding carboxylic acids is 1. The van der Waals surface area contributed by atoms with Crippen molar-refractivity contribution in [1.29, 1.82) is 0 Å². The van der Waals surface area contributed by atoms with Crippen LogP contribution in [0.5, 0.6) is 0 Å². The number of nitrogens with zero attached hydrogens (tertiary/aromatic N) is 1. The summed E-state index contributed by atoms with van der Waals surface area (Å²) in [6.45, 7) is 5.68. The summed E-state index contributed by atoms with van der Waals surface area (Å²) in [5.41, 5.74) is 0. The second-order valence-corrected chi connectivity index (χ2v) is 5.26. The molecule has 1 fully saturated rings. The number of hydrogen-bond donors (Lipinski definition) is 1. The average Bonchev–Trinajstić information content (AvgIpc) is 2.24. The van der Waals surface area contributed by atoms with Crippen molar-refractivity contribution >= 4 is 5.91 Å². The summed E-state index contributed by atoms with van der Waals surface area (Å²) >= 11 is 0. The van der Waals surface area contributed by atoms with Crippen molar-refractivity contribution in [3.8, 4) is 0 Å². The van der Waals surface area contributed by atoms with Gasteiger partial charge >= 0.3 is 6.18 Å². The fraction of sp³-hybridized carbons (Fsp3) is 0.923. The third kappa shape index (κ3) is 4.37. The predicted molar refractivity (Wildman–Crippen MR) is 67.7 cm³/mol. The van der Waals surface area contributed by atoms with Gasteiger partial charge in [-0.2, -0.15) is 13.2 Å². The van der Waals surface area contributed by atoms with Gasteiger partial charge in [0.1, 0.15) is 6.54 Å². The maximum Gasteiger partial charge on any atom is 0.406 e. The van der Waals surface area contributed by atoms with Gasteiger partial charge in [-0.3, -0.25) is 4.79 Å². The summed E-state index contributed by atoms with van der Waals surface area (Å²) in [7, 11) is 0. The van der Waals surface area contributed by atoms with Crippen molar-refractivity contribution in [2.24, 2.45) is 11.8 Å². The first-order chi connectivity index (χ1) is 8.80. The highest BCUT2D eigenvalue weighted by Crippen LogP contribution is 2.25. The van der Waals surface area contributed by atoms with Crippen LogP contribution in [-0.2, 0) is 4.79 Å². The van der Waals surface area contributed by atoms with E-state index in [1.807, 2.05) is 13.8 Å². The maximum absolute atomic E-state index is 12.7. The molecule has 1 unspecified atom stereocenters. The highest BCUT2D eigenvalue weighted by Gasteiger charge is 2.39. The van der Waals surface area contributed by atoms with E-state index in [0.29, 0.717) is 12.8 Å². The summed E-state index contributed by atoms with van der Waals surface area (Å²) in [4.78, 5) is 13.3. The van der Waals surface area contributed by atoms with Crippen molar-refractivity contribution < 1.29 is 18.0 Å². The van der Waals surface area contributed by atoms with Crippen LogP contribution in [0.15, 0.2) is 0 Å². The third-order valence-corrected chi connectivity index (χ3v) is 3.93. The predicted octanol–water partition coefficient (Wildman–Crippen LogP) is 2.42. The Labute approximate surface area is 112 Å². The van der Waals surface area contributed by atoms with Crippen molar-refractivity contribution in [3.05, 3.63) is 0 Å². The largest absolute Gasteiger partial charge is 0.406 e. The average molecular weight is 280 g/mol. The molecule has 0 aromatic heterocycles. The first kappa shape index (κ1) is 16.3. The van der Waals surface area contributed by atoms with E-state index in [1.54, 1.807) is 6.92 Å². The van der Waals surface area contributed by atoms with Gasteiger partial charge in [0.25, 0.3) is 0 Å². The van der Waals surface area contributed by atoms with E-state index in [9.17, 15) is 18.0 Å². The number of nitrogens with one attached hydrogen (secondary N) is 1. The van der Waals surface area contributed by atoms with E-state index in [2.05, 4.69) is 5.32 Å². The van der Waals surface area contributed by atoms with Crippen LogP contribution in [0.2, 0.25) is 0 Å². The Kier molecular flexibility index (Phi) is 5.64. The van der Waals surface area contributed by atoms with Gasteiger partial charge in [-0.15, -0.1) is 0 Å². The van der Waals surface area contributed by atoms with Gasteiger partial charge in [-0.25, -0.2) is 0 Å². The minimum atomic E-state index is -4.34. The van der Waals surface area contributed by atoms with Gasteiger partial charge in [0, 0.05) is 12.0 Å². The molecule has 1 atom stereocenters. The second kappa shape index (κ2) is 6.59. The first-order valence-corrected chi connectivity index (χ1v) is 6.88. The van der Waals surface area contributed by atoms with E-state index >= 15 is 0 Å². The quantitative estimate of drug-likeness (QED) is 0.810. The summed E-state index contributed by atoms with van der Waals surface area (Å²) in [5, 5.41) is 3.05. The first-order valence-electron chi connectivity index (χ1n) is 6.88. The lowest BCUT2D eigenvalue weighted by molar-refractivity contribution is -0.169. The lowest BCUT2D eigenvalue weighted by atomic mass is 9.87. The third-order valence-electron chi connectivity index (χ3n) is 3.93. The van der Waals surface area contributed by atoms with Gasteiger partial charge in [0.05, 0.1) is 0 Å². The smallest absolute Gasteiger partial charge is 0.330 e. The van der Waals surface area contributed by atoms with E-state index in [0.717, 1.165) is 18.0 Å². The molecule has 6 heteroatoms. The number of hydrogen-bond acceptors (Lipinski definition) is 2. The molecule has 1 saturated heterocycles. The van der Waals surface area contributed by atoms with Gasteiger partial charge in [0.2, 0.25) is 5.91 Å². The summed E-state index contributed by atoms with van der Waals surface area (Å²) in [6, 6.07) is -0.329. The lowest BCUT2D eigenvalue weighted by Gasteiger charge is -2.38. The monoisotopic (exact) mass is 280 g/mol. The van der Waals surface area contributed by atoms with Crippen LogP contribution >= 0.6 is 0 Å². The summed E-state index contributed by atoms with van der Waals surface area (Å²) in [6.07, 6.45) is -3.24. The molecule has 0 aliphatic carbocycles. The molecule has 0 radical (unpaired) electrons. The van der Waals surface area contributed by atoms with Gasteiger partial charge in [-0.1, -0.05) is 20.8 Å². The molecule has 0 saturated carbocycles. The molecule has 0 spiro atoms. The Bertz CT molecular complexity index is 299. The van der Waals surface area contributed by atoms with E-state index in [-0.39, 0.29) is 23.8 Å². The van der Waals surface area contributed by atoms with Crippen molar-refractivity contribution in [3.63, 3.8) is 0 Å². The van der Waals surface area contributed by atoms with E-state index < -0.39 is 12.7 Å². The number of halogens is 3. The highest BCUT2D eigenvalue weighted by molar-refractivity contribution is 5.79. The van der Waals surface area contributed by atoms with E-state index in [4.69, 9.17) is 0 Å². The molecule has 112 valence electrons. The van der Waals surface area contributed by atoms with Crippen LogP contribution in [0, 0.1) is 11.8 Å². The number of amides is 1. The van der Waals surface area contributed by atoms with Gasteiger partial charge in [-0.05, 0) is 31.8 Å². The van der Waals surface area contributed by atoms with Gasteiger partial charge < -0.3 is 10.2 Å². The molecule has 1 heterocycles. The minimum Gasteiger partial charge on any atom is -0.330 e. The van der Waals surface area contributed by atoms with Crippen LogP contribution in [0.1, 0.15) is 33.6 Å². The molecular weight excluding hydrogens is 257 g/mol. The lowest BCUT2D eigenvalue weighted by Crippen LogP contribution is -2.53. The van der Waals surface area contributed by atoms with Gasteiger partial charge in [0.15, 0.2) is 0 Å². The maximum atomic E-state index is 12.7. The molecule has 1 amide bonds. The van der Waals surface area contributed by atoms with Crippen LogP contribution in [0.4, 0.5) is 13.2 Å². The van der Waals surface area contributed by atoms with Crippen molar-refractivity contribution in [1.82, 2.24) is 10.2 Å². The molecule has 19 heavy (non-hydrogen) atoms. The second-order valence-electron chi connectivity index (χ2n) is 5.26. The zero-order valence-electron chi connectivity index (χ0n) is 11.8. The zero-order valence-corrected chi connectivity index (χ0v) is 11.8. The van der Waals surface area contributed by atoms with Crippen LogP contribution in [0.25, 0.3) is 0 Å². The number of rotatable bonds is 6. The fourth-order valence-electron chi connectivity index (χ4n) is 2.44. The van der Waals surface area contributed by atoms with Crippen LogP contribution in [-0.4, -0.2) is 42.7 Å². The Morgan fingerprint density at radius 2 is 1.84 bits per heavy atom. The highest BCUT2D eigenvalue weighted by atomic mass is 19.4. The molecule has 3 nitrogen and oxygen atoms in total. The zero-order chi connectivity index (χ0) is 14.6. The van der Waals surface area contributed by atoms with Crippen molar-refractivity contribution in [2.45, 2.75) is 45.8 Å². The molecule has 0 aromatic rings. The number of carbonyl (C=O) groups is 1. The molecule has 1 aliphatic rings. The van der Waals surface area contributed by atoms with E-state index in [1.165, 1.54) is 0 Å². The topological polar surface area (TPSA) is 32.3 Å². The molecule has 1 rings (SSSR count). The number of alkyl halides is 3.